The topological polar surface area (TPSA) is 26.3 Å². The second-order valence-corrected chi connectivity index (χ2v) is 9.51. The molecule has 3 fully saturated rings. The van der Waals surface area contributed by atoms with Crippen LogP contribution in [0, 0.1) is 41.9 Å². The fraction of sp³-hybridized carbons (Fsp3) is 0.870. The van der Waals surface area contributed by atoms with Crippen LogP contribution in [0.5, 0.6) is 0 Å². The lowest BCUT2D eigenvalue weighted by Crippen LogP contribution is -2.41. The van der Waals surface area contributed by atoms with E-state index in [1.807, 2.05) is 0 Å². The average Bonchev–Trinajstić information content (AvgIpc) is 2.69. The molecule has 0 saturated heterocycles. The summed E-state index contributed by atoms with van der Waals surface area (Å²) in [5, 5.41) is 0. The highest BCUT2D eigenvalue weighted by Gasteiger charge is 2.45. The van der Waals surface area contributed by atoms with E-state index in [1.54, 1.807) is 0 Å². The minimum absolute atomic E-state index is 0.00843. The van der Waals surface area contributed by atoms with E-state index in [2.05, 4.69) is 12.8 Å². The maximum Gasteiger partial charge on any atom is 0.391 e. The van der Waals surface area contributed by atoms with Crippen molar-refractivity contribution in [3.8, 4) is 12.3 Å². The number of terminal acetylenes is 1. The summed E-state index contributed by atoms with van der Waals surface area (Å²) in [6.07, 6.45) is 10.6. The summed E-state index contributed by atoms with van der Waals surface area (Å²) in [5.41, 5.74) is -0.851. The highest BCUT2D eigenvalue weighted by atomic mass is 19.4. The van der Waals surface area contributed by atoms with Gasteiger partial charge in [-0.05, 0) is 82.0 Å². The number of carbonyl (C=O) groups is 1. The molecule has 0 N–H and O–H groups in total. The summed E-state index contributed by atoms with van der Waals surface area (Å²) in [7, 11) is 0. The van der Waals surface area contributed by atoms with Crippen LogP contribution in [0.3, 0.4) is 0 Å². The van der Waals surface area contributed by atoms with Gasteiger partial charge >= 0.3 is 12.1 Å². The van der Waals surface area contributed by atoms with E-state index in [0.717, 1.165) is 24.7 Å². The average molecular weight is 399 g/mol. The quantitative estimate of drug-likeness (QED) is 0.413. The highest BCUT2D eigenvalue weighted by molar-refractivity contribution is 5.73. The predicted octanol–water partition coefficient (Wildman–Crippen LogP) is 6.29. The fourth-order valence-corrected chi connectivity index (χ4v) is 5.54. The Morgan fingerprint density at radius 1 is 0.929 bits per heavy atom. The lowest BCUT2D eigenvalue weighted by atomic mass is 9.68. The first-order valence-corrected chi connectivity index (χ1v) is 11.0. The van der Waals surface area contributed by atoms with Gasteiger partial charge in [-0.3, -0.25) is 4.79 Å². The number of halogens is 3. The first-order chi connectivity index (χ1) is 13.2. The van der Waals surface area contributed by atoms with E-state index < -0.39 is 23.6 Å². The maximum atomic E-state index is 12.8. The van der Waals surface area contributed by atoms with Crippen molar-refractivity contribution in [1.82, 2.24) is 0 Å². The first kappa shape index (κ1) is 21.5. The molecule has 158 valence electrons. The highest BCUT2D eigenvalue weighted by Crippen LogP contribution is 2.45. The summed E-state index contributed by atoms with van der Waals surface area (Å²) in [5.74, 6) is 2.87. The molecule has 0 aliphatic heterocycles. The van der Waals surface area contributed by atoms with Crippen molar-refractivity contribution >= 4 is 5.97 Å². The number of esters is 1. The third-order valence-electron chi connectivity index (χ3n) is 7.65. The van der Waals surface area contributed by atoms with Crippen molar-refractivity contribution in [3.63, 3.8) is 0 Å². The Kier molecular flexibility index (Phi) is 6.67. The molecule has 0 aromatic carbocycles. The zero-order chi connectivity index (χ0) is 20.4. The van der Waals surface area contributed by atoms with E-state index in [9.17, 15) is 18.0 Å². The maximum absolute atomic E-state index is 12.8. The van der Waals surface area contributed by atoms with Gasteiger partial charge in [0.05, 0.1) is 11.8 Å². The van der Waals surface area contributed by atoms with Crippen LogP contribution in [0.1, 0.15) is 84.0 Å². The molecule has 0 aromatic rings. The normalized spacial score (nSPS) is 39.8. The fourth-order valence-electron chi connectivity index (χ4n) is 5.54. The van der Waals surface area contributed by atoms with Crippen molar-refractivity contribution in [2.75, 3.05) is 0 Å². The van der Waals surface area contributed by atoms with Gasteiger partial charge < -0.3 is 4.74 Å². The molecule has 0 heterocycles. The summed E-state index contributed by atoms with van der Waals surface area (Å²) in [6.45, 7) is 2.32. The van der Waals surface area contributed by atoms with Crippen LogP contribution in [-0.2, 0) is 9.53 Å². The molecule has 3 aliphatic carbocycles. The van der Waals surface area contributed by atoms with Crippen LogP contribution in [-0.4, -0.2) is 17.7 Å². The zero-order valence-corrected chi connectivity index (χ0v) is 16.9. The minimum atomic E-state index is -4.16. The first-order valence-electron chi connectivity index (χ1n) is 11.0. The molecule has 0 amide bonds. The summed E-state index contributed by atoms with van der Waals surface area (Å²) < 4.78 is 44.3. The summed E-state index contributed by atoms with van der Waals surface area (Å²) in [6, 6.07) is 0. The van der Waals surface area contributed by atoms with Gasteiger partial charge in [-0.15, -0.1) is 6.42 Å². The molecule has 0 unspecified atom stereocenters. The number of alkyl halides is 3. The SMILES string of the molecule is C#CC1(OC(=O)C2CCC(C(F)(F)F)CC2)CCC(C2CCC(C)CC2)CC1. The summed E-state index contributed by atoms with van der Waals surface area (Å²) in [4.78, 5) is 12.6. The van der Waals surface area contributed by atoms with Crippen molar-refractivity contribution in [3.05, 3.63) is 0 Å². The molecular weight excluding hydrogens is 365 g/mol. The molecule has 2 nitrogen and oxygen atoms in total. The Morgan fingerprint density at radius 3 is 1.96 bits per heavy atom. The van der Waals surface area contributed by atoms with Gasteiger partial charge in [-0.2, -0.15) is 13.2 Å². The molecule has 0 radical (unpaired) electrons. The van der Waals surface area contributed by atoms with Gasteiger partial charge in [-0.25, -0.2) is 0 Å². The summed E-state index contributed by atoms with van der Waals surface area (Å²) >= 11 is 0. The van der Waals surface area contributed by atoms with Gasteiger partial charge in [0.15, 0.2) is 5.60 Å². The molecule has 28 heavy (non-hydrogen) atoms. The smallest absolute Gasteiger partial charge is 0.391 e. The van der Waals surface area contributed by atoms with Crippen LogP contribution in [0.25, 0.3) is 0 Å². The van der Waals surface area contributed by atoms with Crippen LogP contribution >= 0.6 is 0 Å². The van der Waals surface area contributed by atoms with Crippen LogP contribution in [0.15, 0.2) is 0 Å². The Bertz CT molecular complexity index is 568. The number of rotatable bonds is 3. The molecule has 3 aliphatic rings. The molecular formula is C23H33F3O2. The molecule has 0 spiro atoms. The number of hydrogen-bond donors (Lipinski definition) is 0. The van der Waals surface area contributed by atoms with Crippen molar-refractivity contribution in [2.24, 2.45) is 29.6 Å². The van der Waals surface area contributed by atoms with Gasteiger partial charge in [0.25, 0.3) is 0 Å². The van der Waals surface area contributed by atoms with Crippen molar-refractivity contribution in [1.29, 1.82) is 0 Å². The van der Waals surface area contributed by atoms with E-state index in [1.165, 1.54) is 25.7 Å². The lowest BCUT2D eigenvalue weighted by molar-refractivity contribution is -0.189. The number of ether oxygens (including phenoxy) is 1. The van der Waals surface area contributed by atoms with Gasteiger partial charge in [-0.1, -0.05) is 25.7 Å². The minimum Gasteiger partial charge on any atom is -0.446 e. The molecule has 0 bridgehead atoms. The Labute approximate surface area is 167 Å². The third kappa shape index (κ3) is 5.05. The Hall–Kier alpha value is -1.18. The van der Waals surface area contributed by atoms with Crippen molar-refractivity contribution in [2.45, 2.75) is 95.8 Å². The zero-order valence-electron chi connectivity index (χ0n) is 16.9. The van der Waals surface area contributed by atoms with Crippen LogP contribution < -0.4 is 0 Å². The standard InChI is InChI=1S/C23H33F3O2/c1-3-22(14-12-18(13-15-22)17-6-4-16(2)5-7-17)28-21(27)19-8-10-20(11-9-19)23(24,25)26/h1,16-20H,4-15H2,2H3. The van der Waals surface area contributed by atoms with Gasteiger partial charge in [0.2, 0.25) is 0 Å². The van der Waals surface area contributed by atoms with E-state index in [4.69, 9.17) is 11.2 Å². The van der Waals surface area contributed by atoms with Crippen molar-refractivity contribution < 1.29 is 22.7 Å². The second kappa shape index (κ2) is 8.67. The largest absolute Gasteiger partial charge is 0.446 e. The number of carbonyl (C=O) groups excluding carboxylic acids is 1. The lowest BCUT2D eigenvalue weighted by Gasteiger charge is -2.41. The predicted molar refractivity (Wildman–Crippen MR) is 102 cm³/mol. The molecule has 0 atom stereocenters. The monoisotopic (exact) mass is 398 g/mol. The Balaban J connectivity index is 1.49. The van der Waals surface area contributed by atoms with Gasteiger partial charge in [0, 0.05) is 0 Å². The number of hydrogen-bond acceptors (Lipinski definition) is 2. The van der Waals surface area contributed by atoms with Gasteiger partial charge in [0.1, 0.15) is 0 Å². The molecule has 5 heteroatoms. The van der Waals surface area contributed by atoms with Crippen LogP contribution in [0.2, 0.25) is 0 Å². The second-order valence-electron chi connectivity index (χ2n) is 9.51. The van der Waals surface area contributed by atoms with E-state index in [-0.39, 0.29) is 31.7 Å². The molecule has 3 rings (SSSR count). The molecule has 0 aromatic heterocycles. The molecule has 3 saturated carbocycles. The van der Waals surface area contributed by atoms with E-state index in [0.29, 0.717) is 18.8 Å². The van der Waals surface area contributed by atoms with E-state index >= 15 is 0 Å². The third-order valence-corrected chi connectivity index (χ3v) is 7.65. The Morgan fingerprint density at radius 2 is 1.46 bits per heavy atom. The van der Waals surface area contributed by atoms with Crippen LogP contribution in [0.4, 0.5) is 13.2 Å².